The SMILES string of the molecule is CC(F)CN1CCC2(CC1)C(=O)N1NCC12F.COc1ccc(CN2CCCC(F)C2)cc1-c1cccc2c(CCC(=O)O)cccc12. The molecule has 4 aliphatic heterocycles. The second-order valence-corrected chi connectivity index (χ2v) is 13.6. The number of β-lactam (4-membered cyclic amide) rings is 1. The van der Waals surface area contributed by atoms with Crippen molar-refractivity contribution in [3.05, 3.63) is 65.7 Å². The van der Waals surface area contributed by atoms with E-state index in [0.717, 1.165) is 56.8 Å². The number of likely N-dealkylation sites (tertiary alicyclic amines) is 2. The number of carboxylic acid groups (broad SMARTS) is 1. The number of aliphatic carboxylic acids is 1. The molecule has 1 spiro atoms. The summed E-state index contributed by atoms with van der Waals surface area (Å²) in [6.07, 6.45) is 1.55. The number of ether oxygens (including phenoxy) is 1. The number of methoxy groups -OCH3 is 1. The summed E-state index contributed by atoms with van der Waals surface area (Å²) in [4.78, 5) is 27.1. The number of carbonyl (C=O) groups excluding carboxylic acids is 1. The van der Waals surface area contributed by atoms with Crippen LogP contribution in [0.15, 0.2) is 54.6 Å². The Morgan fingerprint density at radius 2 is 1.81 bits per heavy atom. The third-order valence-corrected chi connectivity index (χ3v) is 10.4. The van der Waals surface area contributed by atoms with Crippen LogP contribution < -0.4 is 10.2 Å². The Bertz CT molecular complexity index is 1650. The molecule has 0 radical (unpaired) electrons. The van der Waals surface area contributed by atoms with Crippen LogP contribution in [0.1, 0.15) is 50.2 Å². The van der Waals surface area contributed by atoms with Crippen molar-refractivity contribution in [2.75, 3.05) is 46.4 Å². The van der Waals surface area contributed by atoms with Crippen molar-refractivity contribution >= 4 is 22.6 Å². The molecule has 258 valence electrons. The number of hydrogen-bond acceptors (Lipinski definition) is 6. The van der Waals surface area contributed by atoms with E-state index in [0.29, 0.717) is 58.4 Å². The Balaban J connectivity index is 0.000000198. The fraction of sp³-hybridized carbons (Fsp3) is 0.514. The predicted molar refractivity (Wildman–Crippen MR) is 179 cm³/mol. The van der Waals surface area contributed by atoms with Crippen molar-refractivity contribution in [2.24, 2.45) is 5.41 Å². The van der Waals surface area contributed by atoms with Crippen LogP contribution >= 0.6 is 0 Å². The number of aryl methyl sites for hydroxylation is 1. The first-order valence-electron chi connectivity index (χ1n) is 16.9. The van der Waals surface area contributed by atoms with Crippen LogP contribution in [0.3, 0.4) is 0 Å². The number of halogens is 3. The summed E-state index contributed by atoms with van der Waals surface area (Å²) in [5, 5.41) is 12.3. The maximum Gasteiger partial charge on any atom is 0.303 e. The van der Waals surface area contributed by atoms with E-state index in [4.69, 9.17) is 9.84 Å². The van der Waals surface area contributed by atoms with Crippen molar-refractivity contribution in [2.45, 2.75) is 70.1 Å². The molecule has 4 saturated heterocycles. The van der Waals surface area contributed by atoms with Gasteiger partial charge < -0.3 is 14.7 Å². The maximum atomic E-state index is 14.4. The van der Waals surface area contributed by atoms with Gasteiger partial charge in [-0.05, 0) is 98.3 Å². The number of amides is 1. The average molecular weight is 667 g/mol. The van der Waals surface area contributed by atoms with Gasteiger partial charge in [-0.25, -0.2) is 23.6 Å². The van der Waals surface area contributed by atoms with Gasteiger partial charge in [-0.2, -0.15) is 0 Å². The standard InChI is InChI=1S/C26H28FNO3.C11H17F2N3O/c1-31-25-12-10-18(16-28-14-4-6-20(27)17-28)15-24(25)23-9-3-7-21-19(11-13-26(29)30)5-2-8-22(21)23;1-8(12)6-15-4-2-10(3-5-15)9(17)16-11(10,13)7-14-16/h2-3,5,7-10,12,15,20H,4,6,11,13-14,16-17H2,1H3,(H,29,30);8,14H,2-7H2,1H3. The lowest BCUT2D eigenvalue weighted by molar-refractivity contribution is -0.297. The molecule has 0 aromatic heterocycles. The zero-order chi connectivity index (χ0) is 34.1. The van der Waals surface area contributed by atoms with E-state index >= 15 is 0 Å². The number of carboxylic acids is 1. The fourth-order valence-electron chi connectivity index (χ4n) is 7.84. The third kappa shape index (κ3) is 6.52. The molecule has 0 aliphatic carbocycles. The smallest absolute Gasteiger partial charge is 0.303 e. The highest BCUT2D eigenvalue weighted by Gasteiger charge is 2.77. The number of benzene rings is 3. The molecular weight excluding hydrogens is 621 g/mol. The lowest BCUT2D eigenvalue weighted by Crippen LogP contribution is -2.90. The minimum absolute atomic E-state index is 0.105. The summed E-state index contributed by atoms with van der Waals surface area (Å²) < 4.78 is 46.8. The molecule has 2 N–H and O–H groups in total. The molecule has 4 fully saturated rings. The number of fused-ring (bicyclic) bond motifs is 3. The topological polar surface area (TPSA) is 85.4 Å². The lowest BCUT2D eigenvalue weighted by Gasteiger charge is -2.67. The van der Waals surface area contributed by atoms with E-state index in [1.54, 1.807) is 7.11 Å². The molecule has 1 amide bonds. The second kappa shape index (κ2) is 14.1. The molecule has 8 nitrogen and oxygen atoms in total. The van der Waals surface area contributed by atoms with Crippen LogP contribution in [0, 0.1) is 5.41 Å². The van der Waals surface area contributed by atoms with Gasteiger partial charge in [0.2, 0.25) is 5.79 Å². The summed E-state index contributed by atoms with van der Waals surface area (Å²) in [5.41, 5.74) is 6.06. The quantitative estimate of drug-likeness (QED) is 0.217. The minimum Gasteiger partial charge on any atom is -0.496 e. The van der Waals surface area contributed by atoms with Gasteiger partial charge in [-0.1, -0.05) is 42.5 Å². The summed E-state index contributed by atoms with van der Waals surface area (Å²) in [5.74, 6) is -1.61. The van der Waals surface area contributed by atoms with Gasteiger partial charge in [0, 0.05) is 31.6 Å². The van der Waals surface area contributed by atoms with E-state index < -0.39 is 29.5 Å². The van der Waals surface area contributed by atoms with Crippen molar-refractivity contribution in [1.82, 2.24) is 20.2 Å². The van der Waals surface area contributed by atoms with Crippen LogP contribution in [0.5, 0.6) is 5.75 Å². The Kier molecular flexibility index (Phi) is 10.0. The van der Waals surface area contributed by atoms with Crippen LogP contribution in [0.4, 0.5) is 13.2 Å². The normalized spacial score (nSPS) is 24.2. The first-order valence-corrected chi connectivity index (χ1v) is 16.9. The van der Waals surface area contributed by atoms with Crippen LogP contribution in [-0.4, -0.2) is 96.3 Å². The van der Waals surface area contributed by atoms with E-state index in [2.05, 4.69) is 28.5 Å². The Morgan fingerprint density at radius 1 is 1.06 bits per heavy atom. The van der Waals surface area contributed by atoms with E-state index in [9.17, 15) is 22.8 Å². The molecule has 0 bridgehead atoms. The summed E-state index contributed by atoms with van der Waals surface area (Å²) in [6.45, 7) is 5.48. The van der Waals surface area contributed by atoms with Gasteiger partial charge in [-0.3, -0.25) is 14.5 Å². The predicted octanol–water partition coefficient (Wildman–Crippen LogP) is 5.92. The molecular formula is C37H45F3N4O4. The van der Waals surface area contributed by atoms with Gasteiger partial charge in [0.05, 0.1) is 13.7 Å². The number of hydrazine groups is 1. The van der Waals surface area contributed by atoms with Gasteiger partial charge in [0.25, 0.3) is 5.91 Å². The lowest BCUT2D eigenvalue weighted by atomic mass is 9.61. The number of nitrogens with one attached hydrogen (secondary N) is 1. The Hall–Kier alpha value is -3.67. The maximum absolute atomic E-state index is 14.4. The van der Waals surface area contributed by atoms with E-state index in [-0.39, 0.29) is 18.9 Å². The summed E-state index contributed by atoms with van der Waals surface area (Å²) >= 11 is 0. The first-order chi connectivity index (χ1) is 23.0. The average Bonchev–Trinajstić information content (AvgIpc) is 3.06. The van der Waals surface area contributed by atoms with Crippen LogP contribution in [-0.2, 0) is 22.6 Å². The minimum atomic E-state index is -1.47. The zero-order valence-electron chi connectivity index (χ0n) is 27.7. The van der Waals surface area contributed by atoms with Gasteiger partial charge >= 0.3 is 5.97 Å². The van der Waals surface area contributed by atoms with Crippen molar-refractivity contribution in [3.8, 4) is 16.9 Å². The second-order valence-electron chi connectivity index (χ2n) is 13.6. The monoisotopic (exact) mass is 666 g/mol. The molecule has 3 atom stereocenters. The highest BCUT2D eigenvalue weighted by atomic mass is 19.2. The van der Waals surface area contributed by atoms with Crippen molar-refractivity contribution in [3.63, 3.8) is 0 Å². The molecule has 4 heterocycles. The summed E-state index contributed by atoms with van der Waals surface area (Å²) in [7, 11) is 1.67. The van der Waals surface area contributed by atoms with Gasteiger partial charge in [0.1, 0.15) is 23.5 Å². The highest BCUT2D eigenvalue weighted by Crippen LogP contribution is 2.58. The third-order valence-electron chi connectivity index (χ3n) is 10.4. The molecule has 48 heavy (non-hydrogen) atoms. The Labute approximate surface area is 279 Å². The fourth-order valence-corrected chi connectivity index (χ4v) is 7.84. The molecule has 3 unspecified atom stereocenters. The van der Waals surface area contributed by atoms with Crippen LogP contribution in [0.25, 0.3) is 21.9 Å². The van der Waals surface area contributed by atoms with Gasteiger partial charge in [0.15, 0.2) is 0 Å². The molecule has 3 aromatic rings. The van der Waals surface area contributed by atoms with E-state index in [1.165, 1.54) is 6.92 Å². The summed E-state index contributed by atoms with van der Waals surface area (Å²) in [6, 6.07) is 18.3. The molecule has 0 saturated carbocycles. The number of hydrogen-bond donors (Lipinski definition) is 2. The largest absolute Gasteiger partial charge is 0.496 e. The van der Waals surface area contributed by atoms with Crippen molar-refractivity contribution < 1.29 is 32.6 Å². The number of rotatable bonds is 9. The van der Waals surface area contributed by atoms with E-state index in [1.807, 2.05) is 41.3 Å². The zero-order valence-corrected chi connectivity index (χ0v) is 27.7. The van der Waals surface area contributed by atoms with Crippen LogP contribution in [0.2, 0.25) is 0 Å². The molecule has 7 rings (SSSR count). The van der Waals surface area contributed by atoms with Crippen molar-refractivity contribution in [1.29, 1.82) is 0 Å². The number of alkyl halides is 3. The van der Waals surface area contributed by atoms with Gasteiger partial charge in [-0.15, -0.1) is 0 Å². The number of carbonyl (C=O) groups is 2. The molecule has 11 heteroatoms. The highest BCUT2D eigenvalue weighted by molar-refractivity contribution is 5.99. The first kappa shape index (κ1) is 34.2. The Morgan fingerprint density at radius 3 is 2.46 bits per heavy atom. The molecule has 3 aromatic carbocycles. The number of piperidine rings is 2. The number of nitrogens with zero attached hydrogens (tertiary/aromatic N) is 3. The molecule has 4 aliphatic rings.